The second kappa shape index (κ2) is 7.01. The lowest BCUT2D eigenvalue weighted by molar-refractivity contribution is 0.723. The highest BCUT2D eigenvalue weighted by molar-refractivity contribution is 6.30. The largest absolute Gasteiger partial charge is 0.256 e. The molecule has 1 heterocycles. The molecule has 0 N–H and O–H groups in total. The monoisotopic (exact) mass is 347 g/mol. The molecule has 0 unspecified atom stereocenters. The Morgan fingerprint density at radius 2 is 1.52 bits per heavy atom. The van der Waals surface area contributed by atoms with Crippen LogP contribution in [0.25, 0.3) is 22.4 Å². The summed E-state index contributed by atoms with van der Waals surface area (Å²) in [4.78, 5) is 4.60. The Morgan fingerprint density at radius 1 is 0.880 bits per heavy atom. The molecule has 1 nitrogen and oxygen atoms in total. The lowest BCUT2D eigenvalue weighted by atomic mass is 9.94. The van der Waals surface area contributed by atoms with Gasteiger partial charge in [0.2, 0.25) is 0 Å². The van der Waals surface area contributed by atoms with Gasteiger partial charge in [0.05, 0.1) is 5.69 Å². The summed E-state index contributed by atoms with van der Waals surface area (Å²) >= 11 is 6.00. The first-order valence-corrected chi connectivity index (χ1v) is 9.41. The van der Waals surface area contributed by atoms with Crippen molar-refractivity contribution in [2.24, 2.45) is 0 Å². The minimum absolute atomic E-state index is 0.749. The van der Waals surface area contributed by atoms with Gasteiger partial charge in [-0.05, 0) is 66.1 Å². The quantitative estimate of drug-likeness (QED) is 0.495. The van der Waals surface area contributed by atoms with E-state index in [1.807, 2.05) is 30.5 Å². The first-order valence-electron chi connectivity index (χ1n) is 9.03. The zero-order valence-electron chi connectivity index (χ0n) is 14.5. The smallest absolute Gasteiger partial charge is 0.0708 e. The number of aryl methyl sites for hydroxylation is 1. The predicted molar refractivity (Wildman–Crippen MR) is 106 cm³/mol. The minimum Gasteiger partial charge on any atom is -0.256 e. The van der Waals surface area contributed by atoms with Crippen LogP contribution in [0, 0.1) is 6.92 Å². The van der Waals surface area contributed by atoms with Crippen LogP contribution in [0.5, 0.6) is 0 Å². The van der Waals surface area contributed by atoms with Crippen molar-refractivity contribution >= 4 is 11.6 Å². The van der Waals surface area contributed by atoms with Crippen molar-refractivity contribution in [1.29, 1.82) is 0 Å². The summed E-state index contributed by atoms with van der Waals surface area (Å²) in [5.74, 6) is 0.761. The second-order valence-electron chi connectivity index (χ2n) is 6.99. The van der Waals surface area contributed by atoms with E-state index in [1.54, 1.807) is 0 Å². The molecule has 2 heteroatoms. The molecule has 0 spiro atoms. The molecule has 0 atom stereocenters. The molecular formula is C23H22ClN. The van der Waals surface area contributed by atoms with Crippen molar-refractivity contribution < 1.29 is 0 Å². The fourth-order valence-electron chi connectivity index (χ4n) is 3.81. The van der Waals surface area contributed by atoms with Gasteiger partial charge >= 0.3 is 0 Å². The predicted octanol–water partition coefficient (Wildman–Crippen LogP) is 7.04. The Labute approximate surface area is 154 Å². The third-order valence-electron chi connectivity index (χ3n) is 5.29. The summed E-state index contributed by atoms with van der Waals surface area (Å²) in [5.41, 5.74) is 7.28. The molecule has 0 amide bonds. The van der Waals surface area contributed by atoms with E-state index in [-0.39, 0.29) is 0 Å². The number of rotatable bonds is 3. The molecule has 25 heavy (non-hydrogen) atoms. The Balaban J connectivity index is 1.67. The van der Waals surface area contributed by atoms with Crippen molar-refractivity contribution in [2.45, 2.75) is 38.5 Å². The highest BCUT2D eigenvalue weighted by Gasteiger charge is 2.17. The number of nitrogens with zero attached hydrogens (tertiary/aromatic N) is 1. The average molecular weight is 348 g/mol. The lowest BCUT2D eigenvalue weighted by Crippen LogP contribution is -1.93. The van der Waals surface area contributed by atoms with Gasteiger partial charge in [-0.1, -0.05) is 60.8 Å². The summed E-state index contributed by atoms with van der Waals surface area (Å²) in [6.45, 7) is 2.12. The minimum atomic E-state index is 0.749. The number of halogens is 1. The van der Waals surface area contributed by atoms with Crippen LogP contribution < -0.4 is 0 Å². The van der Waals surface area contributed by atoms with Gasteiger partial charge < -0.3 is 0 Å². The van der Waals surface area contributed by atoms with Crippen LogP contribution in [-0.4, -0.2) is 4.98 Å². The third-order valence-corrected chi connectivity index (χ3v) is 5.54. The van der Waals surface area contributed by atoms with Gasteiger partial charge in [-0.15, -0.1) is 0 Å². The van der Waals surface area contributed by atoms with Crippen LogP contribution in [0.3, 0.4) is 0 Å². The van der Waals surface area contributed by atoms with Gasteiger partial charge in [0.15, 0.2) is 0 Å². The number of benzene rings is 2. The molecule has 126 valence electrons. The first kappa shape index (κ1) is 16.4. The Kier molecular flexibility index (Phi) is 4.59. The van der Waals surface area contributed by atoms with Crippen LogP contribution >= 0.6 is 11.6 Å². The van der Waals surface area contributed by atoms with Crippen LogP contribution in [0.4, 0.5) is 0 Å². The number of hydrogen-bond acceptors (Lipinski definition) is 1. The maximum Gasteiger partial charge on any atom is 0.0708 e. The van der Waals surface area contributed by atoms with E-state index >= 15 is 0 Å². The number of pyridine rings is 1. The molecule has 1 aliphatic carbocycles. The second-order valence-corrected chi connectivity index (χ2v) is 7.43. The lowest BCUT2D eigenvalue weighted by Gasteiger charge is -2.12. The van der Waals surface area contributed by atoms with Gasteiger partial charge in [-0.25, -0.2) is 0 Å². The van der Waals surface area contributed by atoms with Gasteiger partial charge in [-0.2, -0.15) is 0 Å². The molecule has 1 aliphatic rings. The van der Waals surface area contributed by atoms with E-state index < -0.39 is 0 Å². The van der Waals surface area contributed by atoms with E-state index in [0.29, 0.717) is 0 Å². The number of aromatic nitrogens is 1. The normalized spacial score (nSPS) is 14.8. The Morgan fingerprint density at radius 3 is 2.20 bits per heavy atom. The molecule has 3 aromatic rings. The standard InChI is InChI=1S/C23H22ClN/c1-16-15-25-23(20-10-12-21(24)13-11-20)14-22(16)19-8-6-18(7-9-19)17-4-2-3-5-17/h6-15,17H,2-5H2,1H3. The van der Waals surface area contributed by atoms with Crippen molar-refractivity contribution in [2.75, 3.05) is 0 Å². The van der Waals surface area contributed by atoms with Crippen molar-refractivity contribution in [3.63, 3.8) is 0 Å². The summed E-state index contributed by atoms with van der Waals surface area (Å²) in [6.07, 6.45) is 7.40. The molecular weight excluding hydrogens is 326 g/mol. The van der Waals surface area contributed by atoms with Crippen LogP contribution in [-0.2, 0) is 0 Å². The molecule has 0 saturated heterocycles. The molecule has 1 fully saturated rings. The summed E-state index contributed by atoms with van der Waals surface area (Å²) < 4.78 is 0. The van der Waals surface area contributed by atoms with E-state index in [1.165, 1.54) is 47.9 Å². The van der Waals surface area contributed by atoms with E-state index in [0.717, 1.165) is 22.2 Å². The highest BCUT2D eigenvalue weighted by Crippen LogP contribution is 2.35. The Hall–Kier alpha value is -2.12. The van der Waals surface area contributed by atoms with Crippen LogP contribution in [0.15, 0.2) is 60.8 Å². The van der Waals surface area contributed by atoms with Gasteiger partial charge in [0, 0.05) is 16.8 Å². The third kappa shape index (κ3) is 3.48. The fourth-order valence-corrected chi connectivity index (χ4v) is 3.93. The number of hydrogen-bond donors (Lipinski definition) is 0. The highest BCUT2D eigenvalue weighted by atomic mass is 35.5. The van der Waals surface area contributed by atoms with Crippen molar-refractivity contribution in [3.8, 4) is 22.4 Å². The maximum absolute atomic E-state index is 6.00. The molecule has 1 aromatic heterocycles. The Bertz CT molecular complexity index is 860. The molecule has 2 aromatic carbocycles. The fraction of sp³-hybridized carbons (Fsp3) is 0.261. The van der Waals surface area contributed by atoms with Gasteiger partial charge in [0.25, 0.3) is 0 Å². The van der Waals surface area contributed by atoms with Crippen LogP contribution in [0.2, 0.25) is 5.02 Å². The molecule has 0 bridgehead atoms. The SMILES string of the molecule is Cc1cnc(-c2ccc(Cl)cc2)cc1-c1ccc(C2CCCC2)cc1. The molecule has 0 aliphatic heterocycles. The van der Waals surface area contributed by atoms with Crippen molar-refractivity contribution in [3.05, 3.63) is 76.9 Å². The van der Waals surface area contributed by atoms with E-state index in [2.05, 4.69) is 42.2 Å². The zero-order valence-corrected chi connectivity index (χ0v) is 15.3. The average Bonchev–Trinajstić information content (AvgIpc) is 3.18. The van der Waals surface area contributed by atoms with E-state index in [4.69, 9.17) is 11.6 Å². The topological polar surface area (TPSA) is 12.9 Å². The maximum atomic E-state index is 6.00. The zero-order chi connectivity index (χ0) is 17.2. The van der Waals surface area contributed by atoms with E-state index in [9.17, 15) is 0 Å². The summed E-state index contributed by atoms with van der Waals surface area (Å²) in [5, 5.41) is 0.749. The summed E-state index contributed by atoms with van der Waals surface area (Å²) in [7, 11) is 0. The van der Waals surface area contributed by atoms with Gasteiger partial charge in [0.1, 0.15) is 0 Å². The van der Waals surface area contributed by atoms with Gasteiger partial charge in [-0.3, -0.25) is 4.98 Å². The molecule has 1 saturated carbocycles. The summed E-state index contributed by atoms with van der Waals surface area (Å²) in [6, 6.07) is 19.2. The first-order chi connectivity index (χ1) is 12.2. The van der Waals surface area contributed by atoms with Crippen LogP contribution in [0.1, 0.15) is 42.7 Å². The molecule has 4 rings (SSSR count). The van der Waals surface area contributed by atoms with Crippen molar-refractivity contribution in [1.82, 2.24) is 4.98 Å². The molecule has 0 radical (unpaired) electrons.